The van der Waals surface area contributed by atoms with Crippen LogP contribution in [0.15, 0.2) is 53.6 Å². The quantitative estimate of drug-likeness (QED) is 0.578. The van der Waals surface area contributed by atoms with Crippen LogP contribution in [-0.4, -0.2) is 54.2 Å². The first kappa shape index (κ1) is 23.3. The lowest BCUT2D eigenvalue weighted by molar-refractivity contribution is -0.141. The summed E-state index contributed by atoms with van der Waals surface area (Å²) in [6, 6.07) is 14.4. The number of benzene rings is 2. The van der Waals surface area contributed by atoms with Crippen molar-refractivity contribution in [2.45, 2.75) is 25.8 Å². The standard InChI is InChI=1S/C23H25Cl2N3O3/c1-3-22(29)27(12-13-31-2)15-23(30)28-21(17-9-5-7-11-19(17)25)14-20(26-28)16-8-4-6-10-18(16)24/h4-11,21H,3,12-15H2,1-2H3/t21-/m0/s1. The molecule has 0 N–H and O–H groups in total. The van der Waals surface area contributed by atoms with Crippen molar-refractivity contribution in [3.63, 3.8) is 0 Å². The SMILES string of the molecule is CCC(=O)N(CCOC)CC(=O)N1N=C(c2ccccc2Cl)C[C@H]1c1ccccc1Cl. The monoisotopic (exact) mass is 461 g/mol. The van der Waals surface area contributed by atoms with E-state index in [1.807, 2.05) is 36.4 Å². The van der Waals surface area contributed by atoms with Crippen molar-refractivity contribution in [1.82, 2.24) is 9.91 Å². The third-order valence-corrected chi connectivity index (χ3v) is 5.84. The molecule has 0 aromatic heterocycles. The normalized spacial score (nSPS) is 15.7. The van der Waals surface area contributed by atoms with E-state index in [0.29, 0.717) is 41.8 Å². The van der Waals surface area contributed by atoms with Gasteiger partial charge < -0.3 is 9.64 Å². The van der Waals surface area contributed by atoms with Gasteiger partial charge in [0.1, 0.15) is 6.54 Å². The Morgan fingerprint density at radius 3 is 2.45 bits per heavy atom. The maximum Gasteiger partial charge on any atom is 0.262 e. The molecule has 6 nitrogen and oxygen atoms in total. The summed E-state index contributed by atoms with van der Waals surface area (Å²) in [5.41, 5.74) is 2.28. The van der Waals surface area contributed by atoms with Gasteiger partial charge >= 0.3 is 0 Å². The Morgan fingerprint density at radius 1 is 1.13 bits per heavy atom. The van der Waals surface area contributed by atoms with Gasteiger partial charge in [-0.1, -0.05) is 66.5 Å². The number of carbonyl (C=O) groups excluding carboxylic acids is 2. The Kier molecular flexibility index (Phi) is 8.07. The zero-order valence-corrected chi connectivity index (χ0v) is 19.1. The lowest BCUT2D eigenvalue weighted by Crippen LogP contribution is -2.42. The Morgan fingerprint density at radius 2 is 1.81 bits per heavy atom. The lowest BCUT2D eigenvalue weighted by Gasteiger charge is -2.27. The van der Waals surface area contributed by atoms with Gasteiger partial charge in [0.25, 0.3) is 5.91 Å². The van der Waals surface area contributed by atoms with Crippen LogP contribution in [0.25, 0.3) is 0 Å². The Bertz CT molecular complexity index is 980. The van der Waals surface area contributed by atoms with Crippen molar-refractivity contribution >= 4 is 40.7 Å². The summed E-state index contributed by atoms with van der Waals surface area (Å²) in [5, 5.41) is 7.18. The highest BCUT2D eigenvalue weighted by atomic mass is 35.5. The number of rotatable bonds is 8. The van der Waals surface area contributed by atoms with Crippen LogP contribution in [-0.2, 0) is 14.3 Å². The molecule has 2 aromatic rings. The number of hydrazone groups is 1. The van der Waals surface area contributed by atoms with Crippen LogP contribution in [0, 0.1) is 0 Å². The van der Waals surface area contributed by atoms with Crippen LogP contribution < -0.4 is 0 Å². The van der Waals surface area contributed by atoms with Crippen LogP contribution >= 0.6 is 23.2 Å². The lowest BCUT2D eigenvalue weighted by atomic mass is 9.98. The molecule has 8 heteroatoms. The number of hydrogen-bond donors (Lipinski definition) is 0. The first-order valence-electron chi connectivity index (χ1n) is 10.1. The van der Waals surface area contributed by atoms with E-state index in [9.17, 15) is 9.59 Å². The summed E-state index contributed by atoms with van der Waals surface area (Å²) in [5.74, 6) is -0.404. The van der Waals surface area contributed by atoms with Gasteiger partial charge in [0, 0.05) is 42.1 Å². The number of ether oxygens (including phenoxy) is 1. The van der Waals surface area contributed by atoms with Crippen molar-refractivity contribution in [3.8, 4) is 0 Å². The first-order valence-corrected chi connectivity index (χ1v) is 10.9. The van der Waals surface area contributed by atoms with Gasteiger partial charge in [-0.3, -0.25) is 9.59 Å². The Hall–Kier alpha value is -2.41. The molecule has 1 aliphatic rings. The smallest absolute Gasteiger partial charge is 0.262 e. The molecule has 0 bridgehead atoms. The molecule has 1 atom stereocenters. The van der Waals surface area contributed by atoms with Gasteiger partial charge in [-0.05, 0) is 17.7 Å². The molecule has 0 saturated carbocycles. The molecule has 31 heavy (non-hydrogen) atoms. The predicted molar refractivity (Wildman–Crippen MR) is 122 cm³/mol. The fourth-order valence-corrected chi connectivity index (χ4v) is 4.05. The minimum Gasteiger partial charge on any atom is -0.383 e. The molecule has 0 aliphatic carbocycles. The molecule has 0 fully saturated rings. The van der Waals surface area contributed by atoms with Crippen LogP contribution in [0.4, 0.5) is 0 Å². The van der Waals surface area contributed by atoms with Crippen molar-refractivity contribution in [2.24, 2.45) is 5.10 Å². The molecule has 1 aliphatic heterocycles. The van der Waals surface area contributed by atoms with E-state index in [4.69, 9.17) is 27.9 Å². The van der Waals surface area contributed by atoms with Gasteiger partial charge in [-0.25, -0.2) is 5.01 Å². The van der Waals surface area contributed by atoms with Gasteiger partial charge in [0.2, 0.25) is 5.91 Å². The van der Waals surface area contributed by atoms with Gasteiger partial charge in [-0.15, -0.1) is 0 Å². The Labute approximate surface area is 192 Å². The zero-order valence-electron chi connectivity index (χ0n) is 17.6. The molecule has 0 radical (unpaired) electrons. The van der Waals surface area contributed by atoms with E-state index in [0.717, 1.165) is 11.1 Å². The van der Waals surface area contributed by atoms with E-state index in [2.05, 4.69) is 5.10 Å². The summed E-state index contributed by atoms with van der Waals surface area (Å²) >= 11 is 12.8. The fraction of sp³-hybridized carbons (Fsp3) is 0.348. The van der Waals surface area contributed by atoms with Crippen molar-refractivity contribution in [3.05, 3.63) is 69.7 Å². The number of hydrogen-bond acceptors (Lipinski definition) is 4. The molecule has 164 valence electrons. The fourth-order valence-electron chi connectivity index (χ4n) is 3.54. The predicted octanol–water partition coefficient (Wildman–Crippen LogP) is 4.56. The minimum atomic E-state index is -0.381. The van der Waals surface area contributed by atoms with Crippen LogP contribution in [0.3, 0.4) is 0 Å². The van der Waals surface area contributed by atoms with E-state index >= 15 is 0 Å². The first-order chi connectivity index (χ1) is 15.0. The van der Waals surface area contributed by atoms with Gasteiger partial charge in [-0.2, -0.15) is 5.10 Å². The molecule has 2 aromatic carbocycles. The van der Waals surface area contributed by atoms with Crippen LogP contribution in [0.5, 0.6) is 0 Å². The number of amides is 2. The van der Waals surface area contributed by atoms with E-state index < -0.39 is 0 Å². The number of methoxy groups -OCH3 is 1. The molecule has 3 rings (SSSR count). The van der Waals surface area contributed by atoms with Crippen molar-refractivity contribution in [2.75, 3.05) is 26.8 Å². The molecule has 0 saturated heterocycles. The highest BCUT2D eigenvalue weighted by Crippen LogP contribution is 2.37. The third-order valence-electron chi connectivity index (χ3n) is 5.16. The number of nitrogens with zero attached hydrogens (tertiary/aromatic N) is 3. The van der Waals surface area contributed by atoms with Crippen LogP contribution in [0.1, 0.15) is 36.9 Å². The second-order valence-electron chi connectivity index (χ2n) is 7.17. The second-order valence-corrected chi connectivity index (χ2v) is 7.98. The number of carbonyl (C=O) groups is 2. The summed E-state index contributed by atoms with van der Waals surface area (Å²) in [6.07, 6.45) is 0.776. The maximum atomic E-state index is 13.3. The highest BCUT2D eigenvalue weighted by molar-refractivity contribution is 6.34. The average Bonchev–Trinajstić information content (AvgIpc) is 3.21. The van der Waals surface area contributed by atoms with Crippen molar-refractivity contribution < 1.29 is 14.3 Å². The largest absolute Gasteiger partial charge is 0.383 e. The number of halogens is 2. The third kappa shape index (κ3) is 5.45. The molecule has 0 spiro atoms. The minimum absolute atomic E-state index is 0.0870. The maximum absolute atomic E-state index is 13.3. The molecular weight excluding hydrogens is 437 g/mol. The summed E-state index contributed by atoms with van der Waals surface area (Å²) in [6.45, 7) is 2.36. The zero-order chi connectivity index (χ0) is 22.4. The van der Waals surface area contributed by atoms with Gasteiger partial charge in [0.05, 0.1) is 18.4 Å². The molecule has 1 heterocycles. The Balaban J connectivity index is 1.93. The van der Waals surface area contributed by atoms with E-state index in [1.54, 1.807) is 26.2 Å². The van der Waals surface area contributed by atoms with E-state index in [-0.39, 0.29) is 24.4 Å². The highest BCUT2D eigenvalue weighted by Gasteiger charge is 2.35. The van der Waals surface area contributed by atoms with Gasteiger partial charge in [0.15, 0.2) is 0 Å². The second kappa shape index (κ2) is 10.8. The molecule has 2 amide bonds. The van der Waals surface area contributed by atoms with E-state index in [1.165, 1.54) is 9.91 Å². The summed E-state index contributed by atoms with van der Waals surface area (Å²) < 4.78 is 5.09. The van der Waals surface area contributed by atoms with Crippen molar-refractivity contribution in [1.29, 1.82) is 0 Å². The summed E-state index contributed by atoms with van der Waals surface area (Å²) in [4.78, 5) is 27.1. The molecular formula is C23H25Cl2N3O3. The average molecular weight is 462 g/mol. The van der Waals surface area contributed by atoms with Crippen LogP contribution in [0.2, 0.25) is 10.0 Å². The molecule has 0 unspecified atom stereocenters. The summed E-state index contributed by atoms with van der Waals surface area (Å²) in [7, 11) is 1.56. The topological polar surface area (TPSA) is 62.2 Å².